The van der Waals surface area contributed by atoms with Gasteiger partial charge in [0.2, 0.25) is 0 Å². The van der Waals surface area contributed by atoms with E-state index in [-0.39, 0.29) is 5.92 Å². The zero-order valence-electron chi connectivity index (χ0n) is 10.2. The van der Waals surface area contributed by atoms with Crippen molar-refractivity contribution in [2.75, 3.05) is 13.1 Å². The minimum absolute atomic E-state index is 0.189. The number of carbonyl (C=O) groups is 1. The predicted molar refractivity (Wildman–Crippen MR) is 60.8 cm³/mol. The van der Waals surface area contributed by atoms with E-state index in [2.05, 4.69) is 25.7 Å². The second-order valence-corrected chi connectivity index (χ2v) is 4.97. The van der Waals surface area contributed by atoms with E-state index in [0.29, 0.717) is 17.9 Å². The first kappa shape index (κ1) is 12.5. The Morgan fingerprint density at radius 2 is 1.93 bits per heavy atom. The van der Waals surface area contributed by atoms with Crippen LogP contribution in [0.4, 0.5) is 0 Å². The molecule has 0 aromatic carbocycles. The maximum Gasteiger partial charge on any atom is 0.306 e. The minimum atomic E-state index is -0.657. The summed E-state index contributed by atoms with van der Waals surface area (Å²) in [7, 11) is 0. The summed E-state index contributed by atoms with van der Waals surface area (Å²) in [6.07, 6.45) is 1.19. The molecule has 0 spiro atoms. The monoisotopic (exact) mass is 213 g/mol. The van der Waals surface area contributed by atoms with E-state index in [0.717, 1.165) is 13.1 Å². The van der Waals surface area contributed by atoms with Gasteiger partial charge in [0, 0.05) is 19.1 Å². The molecule has 1 saturated heterocycles. The highest BCUT2D eigenvalue weighted by Gasteiger charge is 2.37. The van der Waals surface area contributed by atoms with Crippen molar-refractivity contribution in [2.45, 2.75) is 40.2 Å². The molecule has 88 valence electrons. The Labute approximate surface area is 92.5 Å². The molecule has 1 fully saturated rings. The molecule has 0 aromatic rings. The normalized spacial score (nSPS) is 24.3. The number of carboxylic acids is 1. The zero-order chi connectivity index (χ0) is 11.6. The predicted octanol–water partition coefficient (Wildman–Crippen LogP) is 2.07. The van der Waals surface area contributed by atoms with Crippen LogP contribution in [0.1, 0.15) is 34.1 Å². The molecular formula is C12H23NO2. The van der Waals surface area contributed by atoms with Gasteiger partial charge in [0.25, 0.3) is 0 Å². The van der Waals surface area contributed by atoms with Crippen molar-refractivity contribution in [3.8, 4) is 0 Å². The van der Waals surface area contributed by atoms with Gasteiger partial charge in [-0.2, -0.15) is 0 Å². The van der Waals surface area contributed by atoms with Gasteiger partial charge in [-0.25, -0.2) is 0 Å². The SMILES string of the molecule is CCC(C)C(C)N1CC(C(C)C(=O)O)C1. The average Bonchev–Trinajstić information content (AvgIpc) is 2.13. The van der Waals surface area contributed by atoms with E-state index >= 15 is 0 Å². The number of likely N-dealkylation sites (tertiary alicyclic amines) is 1. The van der Waals surface area contributed by atoms with E-state index in [9.17, 15) is 4.79 Å². The van der Waals surface area contributed by atoms with Gasteiger partial charge in [-0.05, 0) is 18.8 Å². The van der Waals surface area contributed by atoms with Crippen LogP contribution < -0.4 is 0 Å². The molecule has 1 rings (SSSR count). The first-order valence-corrected chi connectivity index (χ1v) is 5.94. The maximum absolute atomic E-state index is 10.8. The van der Waals surface area contributed by atoms with E-state index < -0.39 is 5.97 Å². The Morgan fingerprint density at radius 1 is 1.40 bits per heavy atom. The highest BCUT2D eigenvalue weighted by atomic mass is 16.4. The Hall–Kier alpha value is -0.570. The van der Waals surface area contributed by atoms with E-state index in [1.165, 1.54) is 6.42 Å². The molecule has 0 saturated carbocycles. The topological polar surface area (TPSA) is 40.5 Å². The highest BCUT2D eigenvalue weighted by Crippen LogP contribution is 2.28. The molecule has 3 atom stereocenters. The van der Waals surface area contributed by atoms with Crippen molar-refractivity contribution < 1.29 is 9.90 Å². The summed E-state index contributed by atoms with van der Waals surface area (Å²) < 4.78 is 0. The number of aliphatic carboxylic acids is 1. The quantitative estimate of drug-likeness (QED) is 0.760. The molecule has 3 heteroatoms. The lowest BCUT2D eigenvalue weighted by atomic mass is 9.84. The maximum atomic E-state index is 10.8. The number of hydrogen-bond acceptors (Lipinski definition) is 2. The van der Waals surface area contributed by atoms with E-state index in [4.69, 9.17) is 5.11 Å². The lowest BCUT2D eigenvalue weighted by Gasteiger charge is -2.46. The summed E-state index contributed by atoms with van der Waals surface area (Å²) >= 11 is 0. The molecule has 0 bridgehead atoms. The molecule has 3 nitrogen and oxygen atoms in total. The molecule has 0 radical (unpaired) electrons. The van der Waals surface area contributed by atoms with Crippen molar-refractivity contribution in [1.82, 2.24) is 4.90 Å². The van der Waals surface area contributed by atoms with Crippen LogP contribution in [0.15, 0.2) is 0 Å². The van der Waals surface area contributed by atoms with E-state index in [1.807, 2.05) is 6.92 Å². The van der Waals surface area contributed by atoms with Crippen LogP contribution in [0.25, 0.3) is 0 Å². The fourth-order valence-corrected chi connectivity index (χ4v) is 2.10. The number of rotatable bonds is 5. The summed E-state index contributed by atoms with van der Waals surface area (Å²) in [6.45, 7) is 10.4. The molecular weight excluding hydrogens is 190 g/mol. The Kier molecular flexibility index (Phi) is 4.14. The van der Waals surface area contributed by atoms with Crippen molar-refractivity contribution >= 4 is 5.97 Å². The van der Waals surface area contributed by atoms with Crippen molar-refractivity contribution in [3.63, 3.8) is 0 Å². The standard InChI is InChI=1S/C12H23NO2/c1-5-8(2)10(4)13-6-11(7-13)9(3)12(14)15/h8-11H,5-7H2,1-4H3,(H,14,15). The lowest BCUT2D eigenvalue weighted by molar-refractivity contribution is -0.146. The fraction of sp³-hybridized carbons (Fsp3) is 0.917. The van der Waals surface area contributed by atoms with Gasteiger partial charge in [-0.15, -0.1) is 0 Å². The van der Waals surface area contributed by atoms with Crippen LogP contribution in [-0.4, -0.2) is 35.1 Å². The van der Waals surface area contributed by atoms with Crippen LogP contribution in [0.5, 0.6) is 0 Å². The third kappa shape index (κ3) is 2.71. The molecule has 1 aliphatic rings. The fourth-order valence-electron chi connectivity index (χ4n) is 2.10. The van der Waals surface area contributed by atoms with Gasteiger partial charge in [0.15, 0.2) is 0 Å². The summed E-state index contributed by atoms with van der Waals surface area (Å²) in [5.74, 6) is 0.210. The first-order chi connectivity index (χ1) is 6.97. The summed E-state index contributed by atoms with van der Waals surface area (Å²) in [5.41, 5.74) is 0. The van der Waals surface area contributed by atoms with Gasteiger partial charge in [-0.1, -0.05) is 27.2 Å². The molecule has 1 heterocycles. The summed E-state index contributed by atoms with van der Waals surface area (Å²) in [6, 6.07) is 0.590. The van der Waals surface area contributed by atoms with Crippen LogP contribution in [0.2, 0.25) is 0 Å². The third-order valence-electron chi connectivity index (χ3n) is 4.08. The number of hydrogen-bond donors (Lipinski definition) is 1. The Bertz CT molecular complexity index is 224. The summed E-state index contributed by atoms with van der Waals surface area (Å²) in [4.78, 5) is 13.2. The van der Waals surface area contributed by atoms with Crippen molar-refractivity contribution in [1.29, 1.82) is 0 Å². The van der Waals surface area contributed by atoms with Crippen LogP contribution in [0, 0.1) is 17.8 Å². The van der Waals surface area contributed by atoms with Gasteiger partial charge in [0.1, 0.15) is 0 Å². The van der Waals surface area contributed by atoms with Gasteiger partial charge >= 0.3 is 5.97 Å². The van der Waals surface area contributed by atoms with Gasteiger partial charge < -0.3 is 5.11 Å². The molecule has 0 amide bonds. The molecule has 1 N–H and O–H groups in total. The average molecular weight is 213 g/mol. The molecule has 1 aliphatic heterocycles. The molecule has 15 heavy (non-hydrogen) atoms. The number of nitrogens with zero attached hydrogens (tertiary/aromatic N) is 1. The molecule has 0 aliphatic carbocycles. The molecule has 0 aromatic heterocycles. The Balaban J connectivity index is 2.34. The Morgan fingerprint density at radius 3 is 2.33 bits per heavy atom. The van der Waals surface area contributed by atoms with Gasteiger partial charge in [0.05, 0.1) is 5.92 Å². The first-order valence-electron chi connectivity index (χ1n) is 5.94. The van der Waals surface area contributed by atoms with Crippen molar-refractivity contribution in [3.05, 3.63) is 0 Å². The van der Waals surface area contributed by atoms with Crippen molar-refractivity contribution in [2.24, 2.45) is 17.8 Å². The number of carboxylic acid groups (broad SMARTS) is 1. The van der Waals surface area contributed by atoms with Gasteiger partial charge in [-0.3, -0.25) is 9.69 Å². The smallest absolute Gasteiger partial charge is 0.306 e. The van der Waals surface area contributed by atoms with Crippen LogP contribution >= 0.6 is 0 Å². The second kappa shape index (κ2) is 4.97. The second-order valence-electron chi connectivity index (χ2n) is 4.97. The zero-order valence-corrected chi connectivity index (χ0v) is 10.2. The minimum Gasteiger partial charge on any atom is -0.481 e. The van der Waals surface area contributed by atoms with Crippen LogP contribution in [0.3, 0.4) is 0 Å². The lowest BCUT2D eigenvalue weighted by Crippen LogP contribution is -2.55. The largest absolute Gasteiger partial charge is 0.481 e. The molecule has 3 unspecified atom stereocenters. The summed E-state index contributed by atoms with van der Waals surface area (Å²) in [5, 5.41) is 8.88. The highest BCUT2D eigenvalue weighted by molar-refractivity contribution is 5.70. The van der Waals surface area contributed by atoms with E-state index in [1.54, 1.807) is 0 Å². The van der Waals surface area contributed by atoms with Crippen LogP contribution in [-0.2, 0) is 4.79 Å². The third-order valence-corrected chi connectivity index (χ3v) is 4.08.